The maximum absolute atomic E-state index is 11.2. The lowest BCUT2D eigenvalue weighted by molar-refractivity contribution is -0.122. The van der Waals surface area contributed by atoms with Crippen molar-refractivity contribution in [2.75, 3.05) is 7.05 Å². The molecule has 1 aliphatic rings. The van der Waals surface area contributed by atoms with Crippen molar-refractivity contribution >= 4 is 5.91 Å². The lowest BCUT2D eigenvalue weighted by Crippen LogP contribution is -2.20. The summed E-state index contributed by atoms with van der Waals surface area (Å²) in [4.78, 5) is 11.2. The van der Waals surface area contributed by atoms with Crippen molar-refractivity contribution in [3.8, 4) is 0 Å². The molecule has 1 rings (SSSR count). The Morgan fingerprint density at radius 2 is 2.29 bits per heavy atom. The van der Waals surface area contributed by atoms with Crippen molar-refractivity contribution in [3.05, 3.63) is 12.2 Å². The van der Waals surface area contributed by atoms with E-state index in [-0.39, 0.29) is 11.8 Å². The lowest BCUT2D eigenvalue weighted by atomic mass is 10.2. The van der Waals surface area contributed by atoms with Gasteiger partial charge in [0.1, 0.15) is 0 Å². The fourth-order valence-electron chi connectivity index (χ4n) is 1.70. The van der Waals surface area contributed by atoms with E-state index in [4.69, 9.17) is 0 Å². The van der Waals surface area contributed by atoms with Gasteiger partial charge < -0.3 is 5.32 Å². The minimum Gasteiger partial charge on any atom is -0.359 e. The van der Waals surface area contributed by atoms with Gasteiger partial charge in [0.25, 0.3) is 0 Å². The van der Waals surface area contributed by atoms with Crippen molar-refractivity contribution in [1.82, 2.24) is 5.32 Å². The zero-order valence-electron chi connectivity index (χ0n) is 9.25. The number of hydrogen-bond donors (Lipinski definition) is 1. The molecule has 2 heteroatoms. The van der Waals surface area contributed by atoms with Gasteiger partial charge in [0, 0.05) is 13.0 Å². The highest BCUT2D eigenvalue weighted by Gasteiger charge is 2.40. The van der Waals surface area contributed by atoms with E-state index in [1.54, 1.807) is 7.05 Å². The molecule has 0 bridgehead atoms. The van der Waals surface area contributed by atoms with E-state index < -0.39 is 0 Å². The Balaban J connectivity index is 2.06. The van der Waals surface area contributed by atoms with Gasteiger partial charge in [-0.05, 0) is 25.2 Å². The number of rotatable bonds is 6. The van der Waals surface area contributed by atoms with E-state index in [1.807, 2.05) is 0 Å². The minimum absolute atomic E-state index is 0.202. The Morgan fingerprint density at radius 1 is 1.50 bits per heavy atom. The van der Waals surface area contributed by atoms with Gasteiger partial charge in [0.2, 0.25) is 5.91 Å². The molecule has 2 nitrogen and oxygen atoms in total. The summed E-state index contributed by atoms with van der Waals surface area (Å²) in [7, 11) is 1.71. The monoisotopic (exact) mass is 195 g/mol. The lowest BCUT2D eigenvalue weighted by Gasteiger charge is -1.94. The van der Waals surface area contributed by atoms with Crippen LogP contribution in [-0.2, 0) is 4.79 Å². The zero-order valence-corrected chi connectivity index (χ0v) is 9.25. The molecule has 0 saturated heterocycles. The molecule has 14 heavy (non-hydrogen) atoms. The molecule has 0 aromatic carbocycles. The molecular weight excluding hydrogens is 174 g/mol. The molecule has 1 saturated carbocycles. The standard InChI is InChI=1S/C12H21NO/c1-3-4-5-6-7-8-10-9-11(10)12(14)13-2/h7-8,10-11H,3-6,9H2,1-2H3,(H,13,14)/b8-7-/t10?,11-/m0/s1. The first kappa shape index (κ1) is 11.3. The molecule has 1 N–H and O–H groups in total. The molecule has 2 atom stereocenters. The number of amides is 1. The van der Waals surface area contributed by atoms with Crippen molar-refractivity contribution in [2.24, 2.45) is 11.8 Å². The van der Waals surface area contributed by atoms with Gasteiger partial charge in [-0.15, -0.1) is 0 Å². The second-order valence-electron chi connectivity index (χ2n) is 4.04. The predicted molar refractivity (Wildman–Crippen MR) is 58.9 cm³/mol. The Bertz CT molecular complexity index is 210. The van der Waals surface area contributed by atoms with Crippen LogP contribution in [0.2, 0.25) is 0 Å². The predicted octanol–water partition coefficient (Wildman–Crippen LogP) is 2.50. The van der Waals surface area contributed by atoms with Crippen molar-refractivity contribution in [2.45, 2.75) is 39.0 Å². The third-order valence-corrected chi connectivity index (χ3v) is 2.78. The minimum atomic E-state index is 0.202. The molecular formula is C12H21NO. The molecule has 1 unspecified atom stereocenters. The van der Waals surface area contributed by atoms with Crippen LogP contribution in [0.25, 0.3) is 0 Å². The number of hydrogen-bond acceptors (Lipinski definition) is 1. The van der Waals surface area contributed by atoms with Crippen LogP contribution in [0.4, 0.5) is 0 Å². The second kappa shape index (κ2) is 5.84. The van der Waals surface area contributed by atoms with Crippen molar-refractivity contribution < 1.29 is 4.79 Å². The Hall–Kier alpha value is -0.790. The fraction of sp³-hybridized carbons (Fsp3) is 0.750. The number of allylic oxidation sites excluding steroid dienone is 2. The molecule has 0 heterocycles. The Kier molecular flexibility index (Phi) is 4.71. The highest BCUT2D eigenvalue weighted by Crippen LogP contribution is 2.39. The average Bonchev–Trinajstić information content (AvgIpc) is 2.96. The molecule has 80 valence electrons. The highest BCUT2D eigenvalue weighted by atomic mass is 16.1. The summed E-state index contributed by atoms with van der Waals surface area (Å²) >= 11 is 0. The number of carbonyl (C=O) groups excluding carboxylic acids is 1. The van der Waals surface area contributed by atoms with E-state index in [9.17, 15) is 4.79 Å². The van der Waals surface area contributed by atoms with Gasteiger partial charge in [-0.25, -0.2) is 0 Å². The average molecular weight is 195 g/mol. The summed E-state index contributed by atoms with van der Waals surface area (Å²) in [5, 5.41) is 2.69. The van der Waals surface area contributed by atoms with Gasteiger partial charge in [0.05, 0.1) is 0 Å². The van der Waals surface area contributed by atoms with Crippen LogP contribution in [0.1, 0.15) is 39.0 Å². The summed E-state index contributed by atoms with van der Waals surface area (Å²) in [6.07, 6.45) is 10.5. The normalized spacial score (nSPS) is 25.3. The maximum atomic E-state index is 11.2. The quantitative estimate of drug-likeness (QED) is 0.512. The van der Waals surface area contributed by atoms with E-state index in [0.717, 1.165) is 6.42 Å². The molecule has 0 spiro atoms. The third kappa shape index (κ3) is 3.52. The summed E-state index contributed by atoms with van der Waals surface area (Å²) in [6.45, 7) is 2.21. The van der Waals surface area contributed by atoms with Crippen LogP contribution in [0, 0.1) is 11.8 Å². The first-order chi connectivity index (χ1) is 6.79. The third-order valence-electron chi connectivity index (χ3n) is 2.78. The van der Waals surface area contributed by atoms with Crippen LogP contribution in [0.5, 0.6) is 0 Å². The molecule has 0 aliphatic heterocycles. The van der Waals surface area contributed by atoms with E-state index in [1.165, 1.54) is 25.7 Å². The maximum Gasteiger partial charge on any atom is 0.223 e. The summed E-state index contributed by atoms with van der Waals surface area (Å²) in [6, 6.07) is 0. The first-order valence-electron chi connectivity index (χ1n) is 5.67. The smallest absolute Gasteiger partial charge is 0.223 e. The molecule has 1 aliphatic carbocycles. The topological polar surface area (TPSA) is 29.1 Å². The van der Waals surface area contributed by atoms with Gasteiger partial charge in [-0.3, -0.25) is 4.79 Å². The SMILES string of the molecule is CCCCC/C=C\C1C[C@@H]1C(=O)NC. The zero-order chi connectivity index (χ0) is 10.4. The number of nitrogens with one attached hydrogen (secondary N) is 1. The van der Waals surface area contributed by atoms with Crippen LogP contribution in [0.3, 0.4) is 0 Å². The van der Waals surface area contributed by atoms with Crippen LogP contribution in [0.15, 0.2) is 12.2 Å². The fourth-order valence-corrected chi connectivity index (χ4v) is 1.70. The largest absolute Gasteiger partial charge is 0.359 e. The van der Waals surface area contributed by atoms with E-state index >= 15 is 0 Å². The van der Waals surface area contributed by atoms with E-state index in [2.05, 4.69) is 24.4 Å². The summed E-state index contributed by atoms with van der Waals surface area (Å²) in [5.41, 5.74) is 0. The Morgan fingerprint density at radius 3 is 2.93 bits per heavy atom. The Labute approximate surface area is 86.8 Å². The molecule has 1 fully saturated rings. The van der Waals surface area contributed by atoms with Gasteiger partial charge in [0.15, 0.2) is 0 Å². The van der Waals surface area contributed by atoms with Gasteiger partial charge in [-0.2, -0.15) is 0 Å². The van der Waals surface area contributed by atoms with Crippen molar-refractivity contribution in [3.63, 3.8) is 0 Å². The van der Waals surface area contributed by atoms with Gasteiger partial charge >= 0.3 is 0 Å². The van der Waals surface area contributed by atoms with Crippen LogP contribution < -0.4 is 5.32 Å². The highest BCUT2D eigenvalue weighted by molar-refractivity contribution is 5.81. The number of carbonyl (C=O) groups is 1. The van der Waals surface area contributed by atoms with Gasteiger partial charge in [-0.1, -0.05) is 31.9 Å². The van der Waals surface area contributed by atoms with Crippen LogP contribution >= 0.6 is 0 Å². The van der Waals surface area contributed by atoms with Crippen LogP contribution in [-0.4, -0.2) is 13.0 Å². The second-order valence-corrected chi connectivity index (χ2v) is 4.04. The molecule has 0 radical (unpaired) electrons. The molecule has 0 aromatic rings. The summed E-state index contributed by atoms with van der Waals surface area (Å²) in [5.74, 6) is 0.993. The first-order valence-corrected chi connectivity index (χ1v) is 5.67. The molecule has 1 amide bonds. The number of unbranched alkanes of at least 4 members (excludes halogenated alkanes) is 3. The summed E-state index contributed by atoms with van der Waals surface area (Å²) < 4.78 is 0. The molecule has 0 aromatic heterocycles. The van der Waals surface area contributed by atoms with Crippen molar-refractivity contribution in [1.29, 1.82) is 0 Å². The van der Waals surface area contributed by atoms with E-state index in [0.29, 0.717) is 5.92 Å².